The van der Waals surface area contributed by atoms with Crippen molar-refractivity contribution >= 4 is 11.3 Å². The number of nitrogens with one attached hydrogen (secondary N) is 1. The number of aryl methyl sites for hydroxylation is 1. The van der Waals surface area contributed by atoms with Crippen molar-refractivity contribution in [3.8, 4) is 5.75 Å². The first-order valence-corrected chi connectivity index (χ1v) is 7.52. The zero-order valence-electron chi connectivity index (χ0n) is 11.9. The number of thiazole rings is 1. The molecule has 0 amide bonds. The van der Waals surface area contributed by atoms with Gasteiger partial charge in [-0.2, -0.15) is 0 Å². The van der Waals surface area contributed by atoms with E-state index in [-0.39, 0.29) is 17.6 Å². The van der Waals surface area contributed by atoms with E-state index in [9.17, 15) is 4.39 Å². The summed E-state index contributed by atoms with van der Waals surface area (Å²) in [5, 5.41) is 3.40. The minimum atomic E-state index is -0.309. The highest BCUT2D eigenvalue weighted by atomic mass is 32.1. The molecular formula is C15H19FN2OS. The van der Waals surface area contributed by atoms with E-state index in [1.807, 2.05) is 13.0 Å². The highest BCUT2D eigenvalue weighted by Crippen LogP contribution is 2.32. The van der Waals surface area contributed by atoms with E-state index in [0.717, 1.165) is 23.5 Å². The summed E-state index contributed by atoms with van der Waals surface area (Å²) in [5.74, 6) is -0.0376. The zero-order valence-corrected chi connectivity index (χ0v) is 12.8. The van der Waals surface area contributed by atoms with E-state index in [1.54, 1.807) is 29.0 Å². The fourth-order valence-corrected chi connectivity index (χ4v) is 3.02. The van der Waals surface area contributed by atoms with Crippen LogP contribution in [0.2, 0.25) is 0 Å². The van der Waals surface area contributed by atoms with Gasteiger partial charge in [0.2, 0.25) is 0 Å². The van der Waals surface area contributed by atoms with E-state index in [2.05, 4.69) is 17.2 Å². The minimum absolute atomic E-state index is 0.183. The Morgan fingerprint density at radius 2 is 2.25 bits per heavy atom. The van der Waals surface area contributed by atoms with Crippen molar-refractivity contribution < 1.29 is 9.13 Å². The topological polar surface area (TPSA) is 34.1 Å². The van der Waals surface area contributed by atoms with Crippen molar-refractivity contribution in [2.75, 3.05) is 13.7 Å². The number of methoxy groups -OCH3 is 1. The number of nitrogens with zero attached hydrogens (tertiary/aromatic N) is 1. The van der Waals surface area contributed by atoms with Crippen molar-refractivity contribution in [2.45, 2.75) is 26.3 Å². The average molecular weight is 294 g/mol. The van der Waals surface area contributed by atoms with Crippen LogP contribution in [0, 0.1) is 12.7 Å². The number of hydrogen-bond acceptors (Lipinski definition) is 4. The normalized spacial score (nSPS) is 12.4. The molecule has 0 bridgehead atoms. The highest BCUT2D eigenvalue weighted by molar-refractivity contribution is 7.09. The molecule has 2 aromatic rings. The lowest BCUT2D eigenvalue weighted by molar-refractivity contribution is 0.381. The van der Waals surface area contributed by atoms with Crippen LogP contribution in [0.5, 0.6) is 5.75 Å². The molecule has 0 radical (unpaired) electrons. The number of benzene rings is 1. The molecule has 5 heteroatoms. The molecule has 2 rings (SSSR count). The quantitative estimate of drug-likeness (QED) is 0.882. The van der Waals surface area contributed by atoms with Crippen LogP contribution in [0.4, 0.5) is 4.39 Å². The van der Waals surface area contributed by atoms with Crippen molar-refractivity contribution in [3.05, 3.63) is 45.7 Å². The Hall–Kier alpha value is -1.46. The van der Waals surface area contributed by atoms with Gasteiger partial charge in [-0.1, -0.05) is 19.1 Å². The molecule has 1 aromatic carbocycles. The molecular weight excluding hydrogens is 275 g/mol. The van der Waals surface area contributed by atoms with Crippen LogP contribution in [-0.2, 0) is 0 Å². The fraction of sp³-hybridized carbons (Fsp3) is 0.400. The predicted molar refractivity (Wildman–Crippen MR) is 79.9 cm³/mol. The third-order valence-electron chi connectivity index (χ3n) is 3.17. The van der Waals surface area contributed by atoms with Gasteiger partial charge in [-0.25, -0.2) is 9.37 Å². The van der Waals surface area contributed by atoms with Crippen molar-refractivity contribution in [1.29, 1.82) is 0 Å². The molecule has 1 unspecified atom stereocenters. The van der Waals surface area contributed by atoms with Crippen molar-refractivity contribution in [1.82, 2.24) is 10.3 Å². The molecule has 0 aliphatic carbocycles. The van der Waals surface area contributed by atoms with Crippen molar-refractivity contribution in [3.63, 3.8) is 0 Å². The Morgan fingerprint density at radius 3 is 2.85 bits per heavy atom. The van der Waals surface area contributed by atoms with Gasteiger partial charge in [-0.3, -0.25) is 0 Å². The van der Waals surface area contributed by atoms with Crippen LogP contribution in [0.15, 0.2) is 23.7 Å². The minimum Gasteiger partial charge on any atom is -0.494 e. The Kier molecular flexibility index (Phi) is 5.09. The second kappa shape index (κ2) is 6.81. The molecule has 0 saturated heterocycles. The molecule has 0 saturated carbocycles. The molecule has 0 aliphatic rings. The van der Waals surface area contributed by atoms with Gasteiger partial charge >= 0.3 is 0 Å². The molecule has 0 aliphatic heterocycles. The molecule has 1 N–H and O–H groups in total. The van der Waals surface area contributed by atoms with Gasteiger partial charge in [0.25, 0.3) is 0 Å². The molecule has 0 spiro atoms. The molecule has 20 heavy (non-hydrogen) atoms. The first-order valence-electron chi connectivity index (χ1n) is 6.64. The van der Waals surface area contributed by atoms with Crippen LogP contribution < -0.4 is 10.1 Å². The lowest BCUT2D eigenvalue weighted by atomic mass is 10.0. The van der Waals surface area contributed by atoms with Gasteiger partial charge in [0, 0.05) is 10.4 Å². The number of hydrogen-bond donors (Lipinski definition) is 1. The SMILES string of the molecule is CCCNC(c1cccc(OC)c1F)c1scnc1C. The van der Waals surface area contributed by atoms with Crippen LogP contribution in [-0.4, -0.2) is 18.6 Å². The Morgan fingerprint density at radius 1 is 1.45 bits per heavy atom. The lowest BCUT2D eigenvalue weighted by Gasteiger charge is -2.20. The van der Waals surface area contributed by atoms with Gasteiger partial charge in [0.15, 0.2) is 11.6 Å². The number of rotatable bonds is 6. The first-order chi connectivity index (χ1) is 9.69. The maximum absolute atomic E-state index is 14.5. The van der Waals surface area contributed by atoms with E-state index in [0.29, 0.717) is 5.56 Å². The summed E-state index contributed by atoms with van der Waals surface area (Å²) in [6.45, 7) is 4.86. The average Bonchev–Trinajstić information content (AvgIpc) is 2.87. The molecule has 1 atom stereocenters. The number of aromatic nitrogens is 1. The van der Waals surface area contributed by atoms with E-state index in [4.69, 9.17) is 4.74 Å². The maximum atomic E-state index is 14.5. The molecule has 1 aromatic heterocycles. The van der Waals surface area contributed by atoms with Crippen LogP contribution in [0.25, 0.3) is 0 Å². The first kappa shape index (κ1) is 14.9. The zero-order chi connectivity index (χ0) is 14.5. The van der Waals surface area contributed by atoms with Gasteiger partial charge in [-0.15, -0.1) is 11.3 Å². The number of ether oxygens (including phenoxy) is 1. The van der Waals surface area contributed by atoms with Gasteiger partial charge in [0.1, 0.15) is 0 Å². The summed E-state index contributed by atoms with van der Waals surface area (Å²) in [4.78, 5) is 5.32. The second-order valence-corrected chi connectivity index (χ2v) is 5.44. The largest absolute Gasteiger partial charge is 0.494 e. The van der Waals surface area contributed by atoms with Crippen LogP contribution >= 0.6 is 11.3 Å². The standard InChI is InChI=1S/C15H19FN2OS/c1-4-8-17-14(15-10(2)18-9-20-15)11-6-5-7-12(19-3)13(11)16/h5-7,9,14,17H,4,8H2,1-3H3. The van der Waals surface area contributed by atoms with Gasteiger partial charge in [0.05, 0.1) is 24.4 Å². The predicted octanol–water partition coefficient (Wildman–Crippen LogP) is 3.69. The third kappa shape index (κ3) is 2.99. The second-order valence-electron chi connectivity index (χ2n) is 4.55. The Bertz CT molecular complexity index is 571. The smallest absolute Gasteiger partial charge is 0.170 e. The monoisotopic (exact) mass is 294 g/mol. The Balaban J connectivity index is 2.44. The summed E-state index contributed by atoms with van der Waals surface area (Å²) >= 11 is 1.54. The summed E-state index contributed by atoms with van der Waals surface area (Å²) in [6, 6.07) is 5.06. The van der Waals surface area contributed by atoms with E-state index >= 15 is 0 Å². The van der Waals surface area contributed by atoms with Gasteiger partial charge < -0.3 is 10.1 Å². The third-order valence-corrected chi connectivity index (χ3v) is 4.16. The van der Waals surface area contributed by atoms with E-state index < -0.39 is 0 Å². The summed E-state index contributed by atoms with van der Waals surface area (Å²) in [6.07, 6.45) is 0.986. The summed E-state index contributed by atoms with van der Waals surface area (Å²) in [5.41, 5.74) is 3.33. The van der Waals surface area contributed by atoms with Crippen LogP contribution in [0.3, 0.4) is 0 Å². The molecule has 3 nitrogen and oxygen atoms in total. The number of halogens is 1. The Labute approximate surface area is 122 Å². The maximum Gasteiger partial charge on any atom is 0.170 e. The lowest BCUT2D eigenvalue weighted by Crippen LogP contribution is -2.24. The highest BCUT2D eigenvalue weighted by Gasteiger charge is 2.22. The molecule has 108 valence electrons. The summed E-state index contributed by atoms with van der Waals surface area (Å²) in [7, 11) is 1.48. The van der Waals surface area contributed by atoms with Crippen LogP contribution in [0.1, 0.15) is 35.5 Å². The fourth-order valence-electron chi connectivity index (χ4n) is 2.13. The van der Waals surface area contributed by atoms with Gasteiger partial charge in [-0.05, 0) is 26.0 Å². The van der Waals surface area contributed by atoms with Crippen molar-refractivity contribution in [2.24, 2.45) is 0 Å². The molecule has 0 fully saturated rings. The van der Waals surface area contributed by atoms with E-state index in [1.165, 1.54) is 7.11 Å². The molecule has 1 heterocycles. The summed E-state index contributed by atoms with van der Waals surface area (Å²) < 4.78 is 19.6.